The average molecular weight is 185 g/mol. The highest BCUT2D eigenvalue weighted by Crippen LogP contribution is 2.14. The number of hydrazone groups is 1. The monoisotopic (exact) mass is 185 g/mol. The molecular formula is C8H19N5. The summed E-state index contributed by atoms with van der Waals surface area (Å²) in [7, 11) is 4.05. The van der Waals surface area contributed by atoms with E-state index in [0.717, 1.165) is 6.54 Å². The Bertz CT molecular complexity index is 191. The largest absolute Gasteiger partial charge is 0.368 e. The van der Waals surface area contributed by atoms with Crippen LogP contribution in [0.4, 0.5) is 0 Å². The highest BCUT2D eigenvalue weighted by Gasteiger charge is 2.22. The molecule has 1 unspecified atom stereocenters. The fourth-order valence-electron chi connectivity index (χ4n) is 1.72. The average Bonchev–Trinajstić information content (AvgIpc) is 2.50. The third kappa shape index (κ3) is 2.48. The van der Waals surface area contributed by atoms with Crippen molar-refractivity contribution in [2.45, 2.75) is 18.9 Å². The topological polar surface area (TPSA) is 70.9 Å². The van der Waals surface area contributed by atoms with Gasteiger partial charge in [-0.3, -0.25) is 0 Å². The third-order valence-electron chi connectivity index (χ3n) is 2.68. The van der Waals surface area contributed by atoms with E-state index in [4.69, 9.17) is 11.6 Å². The lowest BCUT2D eigenvalue weighted by atomic mass is 10.2. The zero-order valence-corrected chi connectivity index (χ0v) is 8.40. The van der Waals surface area contributed by atoms with Crippen LogP contribution in [-0.4, -0.2) is 49.0 Å². The van der Waals surface area contributed by atoms with Crippen molar-refractivity contribution in [2.24, 2.45) is 16.7 Å². The summed E-state index contributed by atoms with van der Waals surface area (Å²) in [6.45, 7) is 2.08. The van der Waals surface area contributed by atoms with Crippen LogP contribution < -0.4 is 11.6 Å². The Morgan fingerprint density at radius 1 is 1.69 bits per heavy atom. The molecule has 76 valence electrons. The van der Waals surface area contributed by atoms with E-state index in [9.17, 15) is 0 Å². The molecule has 0 aromatic carbocycles. The number of rotatable bonds is 2. The molecule has 0 aromatic rings. The van der Waals surface area contributed by atoms with Crippen LogP contribution in [0.1, 0.15) is 12.8 Å². The first-order chi connectivity index (χ1) is 6.15. The SMILES string of the molecule is CN(CC1CCCN1C)C(N)=NN. The zero-order valence-electron chi connectivity index (χ0n) is 8.40. The van der Waals surface area contributed by atoms with Crippen molar-refractivity contribution in [3.8, 4) is 0 Å². The number of nitrogens with two attached hydrogens (primary N) is 2. The minimum absolute atomic E-state index is 0.403. The van der Waals surface area contributed by atoms with E-state index in [2.05, 4.69) is 17.0 Å². The van der Waals surface area contributed by atoms with Gasteiger partial charge in [-0.15, -0.1) is 5.10 Å². The summed E-state index contributed by atoms with van der Waals surface area (Å²) in [6.07, 6.45) is 2.51. The van der Waals surface area contributed by atoms with Crippen LogP contribution in [0.3, 0.4) is 0 Å². The van der Waals surface area contributed by atoms with Gasteiger partial charge >= 0.3 is 0 Å². The van der Waals surface area contributed by atoms with E-state index in [1.54, 1.807) is 0 Å². The van der Waals surface area contributed by atoms with E-state index >= 15 is 0 Å². The van der Waals surface area contributed by atoms with Crippen LogP contribution in [-0.2, 0) is 0 Å². The lowest BCUT2D eigenvalue weighted by Crippen LogP contribution is -2.43. The predicted molar refractivity (Wildman–Crippen MR) is 54.1 cm³/mol. The Balaban J connectivity index is 2.39. The number of likely N-dealkylation sites (tertiary alicyclic amines) is 1. The third-order valence-corrected chi connectivity index (χ3v) is 2.68. The molecule has 0 aliphatic carbocycles. The summed E-state index contributed by atoms with van der Waals surface area (Å²) < 4.78 is 0. The van der Waals surface area contributed by atoms with Gasteiger partial charge in [-0.1, -0.05) is 0 Å². The maximum atomic E-state index is 5.57. The van der Waals surface area contributed by atoms with E-state index < -0.39 is 0 Å². The molecule has 1 atom stereocenters. The number of guanidine groups is 1. The van der Waals surface area contributed by atoms with Crippen molar-refractivity contribution in [3.63, 3.8) is 0 Å². The first-order valence-corrected chi connectivity index (χ1v) is 4.60. The first kappa shape index (κ1) is 10.1. The molecule has 1 saturated heterocycles. The molecule has 5 heteroatoms. The van der Waals surface area contributed by atoms with E-state index in [1.807, 2.05) is 11.9 Å². The van der Waals surface area contributed by atoms with E-state index in [1.165, 1.54) is 19.4 Å². The smallest absolute Gasteiger partial charge is 0.213 e. The van der Waals surface area contributed by atoms with Crippen molar-refractivity contribution in [2.75, 3.05) is 27.2 Å². The normalized spacial score (nSPS) is 25.1. The highest BCUT2D eigenvalue weighted by molar-refractivity contribution is 5.77. The molecule has 0 aromatic heterocycles. The molecule has 0 spiro atoms. The highest BCUT2D eigenvalue weighted by atomic mass is 15.3. The standard InChI is InChI=1S/C8H19N5/c1-12-5-3-4-7(12)6-13(2)8(9)11-10/h7H,3-6,10H2,1-2H3,(H2,9,11). The molecule has 1 rings (SSSR count). The molecule has 13 heavy (non-hydrogen) atoms. The number of hydrogen-bond donors (Lipinski definition) is 2. The summed E-state index contributed by atoms with van der Waals surface area (Å²) in [6, 6.07) is 0.588. The van der Waals surface area contributed by atoms with Crippen molar-refractivity contribution in [1.82, 2.24) is 9.80 Å². The molecule has 0 saturated carbocycles. The quantitative estimate of drug-likeness (QED) is 0.256. The van der Waals surface area contributed by atoms with Crippen LogP contribution in [0.5, 0.6) is 0 Å². The fraction of sp³-hybridized carbons (Fsp3) is 0.875. The Morgan fingerprint density at radius 2 is 2.38 bits per heavy atom. The minimum Gasteiger partial charge on any atom is -0.368 e. The number of likely N-dealkylation sites (N-methyl/N-ethyl adjacent to an activating group) is 2. The second kappa shape index (κ2) is 4.32. The van der Waals surface area contributed by atoms with Gasteiger partial charge < -0.3 is 21.4 Å². The molecule has 4 N–H and O–H groups in total. The van der Waals surface area contributed by atoms with Gasteiger partial charge in [0.05, 0.1) is 0 Å². The molecule has 0 bridgehead atoms. The second-order valence-corrected chi connectivity index (χ2v) is 3.64. The van der Waals surface area contributed by atoms with E-state index in [0.29, 0.717) is 12.0 Å². The van der Waals surface area contributed by atoms with Gasteiger partial charge in [0, 0.05) is 19.6 Å². The Labute approximate surface area is 79.4 Å². The molecule has 1 aliphatic rings. The molecule has 1 fully saturated rings. The molecule has 1 aliphatic heterocycles. The molecule has 0 amide bonds. The second-order valence-electron chi connectivity index (χ2n) is 3.64. The van der Waals surface area contributed by atoms with Gasteiger partial charge in [0.15, 0.2) is 0 Å². The zero-order chi connectivity index (χ0) is 9.84. The first-order valence-electron chi connectivity index (χ1n) is 4.60. The van der Waals surface area contributed by atoms with Crippen LogP contribution in [0.2, 0.25) is 0 Å². The van der Waals surface area contributed by atoms with Gasteiger partial charge in [-0.05, 0) is 26.4 Å². The molecule has 5 nitrogen and oxygen atoms in total. The van der Waals surface area contributed by atoms with Crippen molar-refractivity contribution in [1.29, 1.82) is 0 Å². The van der Waals surface area contributed by atoms with Gasteiger partial charge in [-0.2, -0.15) is 0 Å². The lowest BCUT2D eigenvalue weighted by Gasteiger charge is -2.25. The van der Waals surface area contributed by atoms with Crippen molar-refractivity contribution in [3.05, 3.63) is 0 Å². The van der Waals surface area contributed by atoms with Gasteiger partial charge in [0.2, 0.25) is 5.96 Å². The summed E-state index contributed by atoms with van der Waals surface area (Å²) in [4.78, 5) is 4.24. The fourth-order valence-corrected chi connectivity index (χ4v) is 1.72. The van der Waals surface area contributed by atoms with Crippen LogP contribution in [0, 0.1) is 0 Å². The van der Waals surface area contributed by atoms with Crippen LogP contribution in [0.15, 0.2) is 5.10 Å². The predicted octanol–water partition coefficient (Wildman–Crippen LogP) is -0.799. The van der Waals surface area contributed by atoms with Crippen molar-refractivity contribution >= 4 is 5.96 Å². The van der Waals surface area contributed by atoms with E-state index in [-0.39, 0.29) is 0 Å². The Hall–Kier alpha value is -0.970. The van der Waals surface area contributed by atoms with Crippen LogP contribution in [0.25, 0.3) is 0 Å². The maximum Gasteiger partial charge on any atom is 0.213 e. The molecule has 1 heterocycles. The lowest BCUT2D eigenvalue weighted by molar-refractivity contribution is 0.266. The minimum atomic E-state index is 0.403. The maximum absolute atomic E-state index is 5.57. The summed E-state index contributed by atoms with van der Waals surface area (Å²) in [5.41, 5.74) is 5.57. The summed E-state index contributed by atoms with van der Waals surface area (Å²) in [5, 5.41) is 3.46. The number of nitrogens with zero attached hydrogens (tertiary/aromatic N) is 3. The van der Waals surface area contributed by atoms with Gasteiger partial charge in [0.1, 0.15) is 0 Å². The number of hydrogen-bond acceptors (Lipinski definition) is 3. The summed E-state index contributed by atoms with van der Waals surface area (Å²) in [5.74, 6) is 5.49. The van der Waals surface area contributed by atoms with Gasteiger partial charge in [0.25, 0.3) is 0 Å². The van der Waals surface area contributed by atoms with Gasteiger partial charge in [-0.25, -0.2) is 0 Å². The summed E-state index contributed by atoms with van der Waals surface area (Å²) >= 11 is 0. The van der Waals surface area contributed by atoms with Crippen molar-refractivity contribution < 1.29 is 0 Å². The van der Waals surface area contributed by atoms with Crippen LogP contribution >= 0.6 is 0 Å². The molecular weight excluding hydrogens is 166 g/mol. The Morgan fingerprint density at radius 3 is 2.85 bits per heavy atom. The Kier molecular flexibility index (Phi) is 3.36. The molecule has 0 radical (unpaired) electrons.